The van der Waals surface area contributed by atoms with Gasteiger partial charge in [-0.3, -0.25) is 14.4 Å². The molecule has 0 aromatic heterocycles. The van der Waals surface area contributed by atoms with Gasteiger partial charge in [-0.05, 0) is 64.0 Å². The number of ether oxygens (including phenoxy) is 1. The van der Waals surface area contributed by atoms with E-state index < -0.39 is 27.4 Å². The lowest BCUT2D eigenvalue weighted by Gasteiger charge is -2.37. The normalized spacial score (nSPS) is 29.3. The Bertz CT molecular complexity index is 1100. The molecular formula is C30H40N2O5S. The van der Waals surface area contributed by atoms with Crippen molar-refractivity contribution in [1.29, 1.82) is 0 Å². The number of thioether (sulfide) groups is 1. The molecule has 2 bridgehead atoms. The number of aliphatic hydroxyl groups excluding tert-OH is 1. The van der Waals surface area contributed by atoms with E-state index in [0.29, 0.717) is 19.6 Å². The first kappa shape index (κ1) is 28.4. The van der Waals surface area contributed by atoms with Gasteiger partial charge in [0, 0.05) is 23.5 Å². The Morgan fingerprint density at radius 1 is 1.21 bits per heavy atom. The number of fused-ring (bicyclic) bond motifs is 1. The maximum atomic E-state index is 14.5. The van der Waals surface area contributed by atoms with Crippen molar-refractivity contribution < 1.29 is 24.2 Å². The fourth-order valence-corrected chi connectivity index (χ4v) is 9.20. The fourth-order valence-electron chi connectivity index (χ4n) is 6.86. The molecule has 4 rings (SSSR count). The molecule has 0 aliphatic carbocycles. The smallest absolute Gasteiger partial charge is 0.311 e. The van der Waals surface area contributed by atoms with Crippen molar-refractivity contribution in [3.63, 3.8) is 0 Å². The van der Waals surface area contributed by atoms with Crippen molar-refractivity contribution in [2.75, 3.05) is 31.2 Å². The number of benzene rings is 1. The number of allylic oxidation sites excluding steroid dienone is 1. The average Bonchev–Trinajstić information content (AvgIpc) is 3.44. The maximum Gasteiger partial charge on any atom is 0.311 e. The summed E-state index contributed by atoms with van der Waals surface area (Å²) in [7, 11) is 0. The summed E-state index contributed by atoms with van der Waals surface area (Å²) in [5.41, 5.74) is 2.73. The van der Waals surface area contributed by atoms with Crippen molar-refractivity contribution in [3.05, 3.63) is 54.6 Å². The van der Waals surface area contributed by atoms with Crippen LogP contribution in [0, 0.1) is 25.7 Å². The van der Waals surface area contributed by atoms with Crippen molar-refractivity contribution in [2.24, 2.45) is 11.8 Å². The quantitative estimate of drug-likeness (QED) is 0.243. The number of likely N-dealkylation sites (tertiary alicyclic amines) is 1. The van der Waals surface area contributed by atoms with E-state index in [-0.39, 0.29) is 30.9 Å². The van der Waals surface area contributed by atoms with E-state index >= 15 is 0 Å². The molecule has 3 saturated heterocycles. The number of para-hydroxylation sites is 1. The summed E-state index contributed by atoms with van der Waals surface area (Å²) in [6.07, 6.45) is 7.40. The number of esters is 1. The van der Waals surface area contributed by atoms with Gasteiger partial charge in [0.05, 0.1) is 29.8 Å². The topological polar surface area (TPSA) is 87.1 Å². The van der Waals surface area contributed by atoms with Gasteiger partial charge < -0.3 is 19.6 Å². The third-order valence-corrected chi connectivity index (χ3v) is 10.4. The Morgan fingerprint density at radius 2 is 1.92 bits per heavy atom. The van der Waals surface area contributed by atoms with Gasteiger partial charge in [0.25, 0.3) is 5.91 Å². The van der Waals surface area contributed by atoms with Gasteiger partial charge >= 0.3 is 5.97 Å². The number of carbonyl (C=O) groups is 3. The molecule has 3 aliphatic rings. The Kier molecular flexibility index (Phi) is 8.43. The van der Waals surface area contributed by atoms with Gasteiger partial charge in [-0.1, -0.05) is 30.4 Å². The minimum Gasteiger partial charge on any atom is -0.465 e. The molecule has 3 heterocycles. The number of amides is 2. The van der Waals surface area contributed by atoms with E-state index in [0.717, 1.165) is 42.5 Å². The lowest BCUT2D eigenvalue weighted by molar-refractivity contribution is -0.155. The molecule has 206 valence electrons. The highest BCUT2D eigenvalue weighted by molar-refractivity contribution is 8.02. The third-order valence-electron chi connectivity index (χ3n) is 8.44. The molecule has 38 heavy (non-hydrogen) atoms. The largest absolute Gasteiger partial charge is 0.465 e. The number of rotatable bonds is 12. The summed E-state index contributed by atoms with van der Waals surface area (Å²) in [5, 5.41) is 9.89. The van der Waals surface area contributed by atoms with Gasteiger partial charge in [-0.15, -0.1) is 24.9 Å². The van der Waals surface area contributed by atoms with Crippen LogP contribution in [-0.4, -0.2) is 69.6 Å². The predicted octanol–water partition coefficient (Wildman–Crippen LogP) is 4.20. The highest BCUT2D eigenvalue weighted by Gasteiger charge is 2.77. The van der Waals surface area contributed by atoms with Crippen LogP contribution >= 0.6 is 11.8 Å². The summed E-state index contributed by atoms with van der Waals surface area (Å²) in [6, 6.07) is 5.11. The van der Waals surface area contributed by atoms with Gasteiger partial charge in [-0.25, -0.2) is 0 Å². The summed E-state index contributed by atoms with van der Waals surface area (Å²) in [4.78, 5) is 45.2. The van der Waals surface area contributed by atoms with Crippen LogP contribution in [0.25, 0.3) is 0 Å². The lowest BCUT2D eigenvalue weighted by Crippen LogP contribution is -2.55. The molecule has 1 aromatic carbocycles. The number of anilines is 1. The molecular weight excluding hydrogens is 500 g/mol. The molecule has 3 aliphatic heterocycles. The standard InChI is InChI=1S/C30H40N2O5S/c1-6-8-9-10-19-37-28(36)23-22-26(34)32(17-18-33)25(30(22)15-14-29(23,5)38-30)27(35)31(16-7-2)24-20(3)12-11-13-21(24)4/h6-7,11-13,22-23,25,33H,1-2,8-10,14-19H2,3-5H3/t22-,23-,25?,29+,30?/m0/s1. The van der Waals surface area contributed by atoms with Crippen molar-refractivity contribution in [1.82, 2.24) is 4.90 Å². The molecule has 1 N–H and O–H groups in total. The van der Waals surface area contributed by atoms with Gasteiger partial charge in [0.1, 0.15) is 6.04 Å². The van der Waals surface area contributed by atoms with Crippen molar-refractivity contribution in [2.45, 2.75) is 68.4 Å². The number of hydrogen-bond acceptors (Lipinski definition) is 6. The molecule has 5 atom stereocenters. The first-order valence-electron chi connectivity index (χ1n) is 13.5. The van der Waals surface area contributed by atoms with E-state index in [1.54, 1.807) is 22.7 Å². The number of aryl methyl sites for hydroxylation is 2. The summed E-state index contributed by atoms with van der Waals surface area (Å²) < 4.78 is 4.47. The number of aliphatic hydroxyl groups is 1. The Labute approximate surface area is 230 Å². The Balaban J connectivity index is 1.71. The first-order chi connectivity index (χ1) is 18.2. The van der Waals surface area contributed by atoms with Gasteiger partial charge in [0.15, 0.2) is 0 Å². The lowest BCUT2D eigenvalue weighted by atomic mass is 9.66. The highest BCUT2D eigenvalue weighted by Crippen LogP contribution is 2.71. The van der Waals surface area contributed by atoms with E-state index in [4.69, 9.17) is 4.74 Å². The number of unbranched alkanes of at least 4 members (excludes halogenated alkanes) is 2. The first-order valence-corrected chi connectivity index (χ1v) is 14.4. The van der Waals surface area contributed by atoms with E-state index in [2.05, 4.69) is 13.2 Å². The summed E-state index contributed by atoms with van der Waals surface area (Å²) >= 11 is 1.61. The molecule has 0 radical (unpaired) electrons. The van der Waals surface area contributed by atoms with Crippen LogP contribution in [0.1, 0.15) is 50.2 Å². The number of β-amino-alcohol motifs (C(OH)–C–C–N with tert-alkyl or cyclic N) is 1. The van der Waals surface area contributed by atoms with Crippen LogP contribution in [0.2, 0.25) is 0 Å². The SMILES string of the molecule is C=CCCCCOC(=O)[C@@H]1[C@H]2C(=O)N(CCO)C(C(=O)N(CC=C)c3c(C)cccc3C)C23CC[C@@]1(C)S3. The van der Waals surface area contributed by atoms with Gasteiger partial charge in [-0.2, -0.15) is 0 Å². The zero-order valence-corrected chi connectivity index (χ0v) is 23.6. The van der Waals surface area contributed by atoms with Crippen LogP contribution in [0.4, 0.5) is 5.69 Å². The van der Waals surface area contributed by atoms with E-state index in [1.807, 2.05) is 45.0 Å². The van der Waals surface area contributed by atoms with Crippen LogP contribution < -0.4 is 4.90 Å². The average molecular weight is 541 g/mol. The number of nitrogens with zero attached hydrogens (tertiary/aromatic N) is 2. The van der Waals surface area contributed by atoms with Gasteiger partial charge in [0.2, 0.25) is 5.91 Å². The maximum absolute atomic E-state index is 14.5. The van der Waals surface area contributed by atoms with Crippen LogP contribution in [0.15, 0.2) is 43.5 Å². The molecule has 7 nitrogen and oxygen atoms in total. The Hall–Kier alpha value is -2.58. The molecule has 3 fully saturated rings. The van der Waals surface area contributed by atoms with E-state index in [1.165, 1.54) is 4.90 Å². The second kappa shape index (κ2) is 11.3. The predicted molar refractivity (Wildman–Crippen MR) is 151 cm³/mol. The number of carbonyl (C=O) groups excluding carboxylic acids is 3. The van der Waals surface area contributed by atoms with Crippen molar-refractivity contribution in [3.8, 4) is 0 Å². The minimum absolute atomic E-state index is 0.0444. The van der Waals surface area contributed by atoms with Crippen LogP contribution in [0.5, 0.6) is 0 Å². The fraction of sp³-hybridized carbons (Fsp3) is 0.567. The second-order valence-corrected chi connectivity index (χ2v) is 12.8. The highest BCUT2D eigenvalue weighted by atomic mass is 32.2. The molecule has 0 saturated carbocycles. The molecule has 8 heteroatoms. The zero-order valence-electron chi connectivity index (χ0n) is 22.8. The molecule has 1 aromatic rings. The second-order valence-electron chi connectivity index (χ2n) is 10.9. The van der Waals surface area contributed by atoms with E-state index in [9.17, 15) is 19.5 Å². The Morgan fingerprint density at radius 3 is 2.55 bits per heavy atom. The van der Waals surface area contributed by atoms with Crippen LogP contribution in [0.3, 0.4) is 0 Å². The van der Waals surface area contributed by atoms with Crippen LogP contribution in [-0.2, 0) is 19.1 Å². The number of hydrogen-bond donors (Lipinski definition) is 1. The zero-order chi connectivity index (χ0) is 27.7. The monoisotopic (exact) mass is 540 g/mol. The summed E-state index contributed by atoms with van der Waals surface area (Å²) in [6.45, 7) is 14.0. The summed E-state index contributed by atoms with van der Waals surface area (Å²) in [5.74, 6) is -2.06. The molecule has 2 amide bonds. The van der Waals surface area contributed by atoms with Crippen molar-refractivity contribution >= 4 is 35.2 Å². The molecule has 2 unspecified atom stereocenters. The molecule has 1 spiro atoms. The third kappa shape index (κ3) is 4.60. The minimum atomic E-state index is -0.789.